The Morgan fingerprint density at radius 2 is 1.74 bits per heavy atom. The van der Waals surface area contributed by atoms with Crippen molar-refractivity contribution in [3.63, 3.8) is 0 Å². The molecular formula is C22H34BrNO3. The van der Waals surface area contributed by atoms with Gasteiger partial charge in [0, 0.05) is 18.5 Å². The molecule has 27 heavy (non-hydrogen) atoms. The van der Waals surface area contributed by atoms with Crippen molar-refractivity contribution >= 4 is 22.0 Å². The Kier molecular flexibility index (Phi) is 11.5. The van der Waals surface area contributed by atoms with Crippen LogP contribution in [0.25, 0.3) is 0 Å². The molecule has 152 valence electrons. The lowest BCUT2D eigenvalue weighted by Gasteiger charge is -2.28. The van der Waals surface area contributed by atoms with Gasteiger partial charge in [0.15, 0.2) is 0 Å². The number of unbranched alkanes of at least 4 members (excludes halogenated alkanes) is 3. The van der Waals surface area contributed by atoms with E-state index in [1.54, 1.807) is 0 Å². The normalized spacial score (nSPS) is 19.6. The SMILES string of the molecule is O=C(NCc1ccccc1)OCCC1CCC(OCCCCCCBr)CC1. The summed E-state index contributed by atoms with van der Waals surface area (Å²) in [6, 6.07) is 9.88. The molecule has 0 unspecified atom stereocenters. The molecule has 1 aromatic carbocycles. The fourth-order valence-corrected chi connectivity index (χ4v) is 3.92. The smallest absolute Gasteiger partial charge is 0.407 e. The standard InChI is InChI=1S/C22H34BrNO3/c23-15-6-1-2-7-16-26-21-12-10-19(11-13-21)14-17-27-22(25)24-18-20-8-4-3-5-9-20/h3-5,8-9,19,21H,1-2,6-7,10-18H2,(H,24,25). The first-order valence-corrected chi connectivity index (χ1v) is 11.5. The van der Waals surface area contributed by atoms with Gasteiger partial charge in [-0.1, -0.05) is 59.1 Å². The van der Waals surface area contributed by atoms with E-state index in [0.717, 1.165) is 36.8 Å². The summed E-state index contributed by atoms with van der Waals surface area (Å²) in [4.78, 5) is 11.8. The lowest BCUT2D eigenvalue weighted by molar-refractivity contribution is 0.0132. The van der Waals surface area contributed by atoms with E-state index in [1.165, 1.54) is 38.5 Å². The predicted octanol–water partition coefficient (Wildman–Crippen LogP) is 5.83. The highest BCUT2D eigenvalue weighted by Gasteiger charge is 2.21. The largest absolute Gasteiger partial charge is 0.450 e. The number of benzene rings is 1. The van der Waals surface area contributed by atoms with Crippen LogP contribution < -0.4 is 5.32 Å². The van der Waals surface area contributed by atoms with E-state index in [2.05, 4.69) is 21.2 Å². The van der Waals surface area contributed by atoms with E-state index in [9.17, 15) is 4.79 Å². The Labute approximate surface area is 172 Å². The molecule has 0 heterocycles. The van der Waals surface area contributed by atoms with Crippen LogP contribution in [0.4, 0.5) is 4.79 Å². The van der Waals surface area contributed by atoms with E-state index in [0.29, 0.717) is 25.2 Å². The molecule has 4 nitrogen and oxygen atoms in total. The van der Waals surface area contributed by atoms with Crippen molar-refractivity contribution in [1.82, 2.24) is 5.32 Å². The molecule has 1 amide bonds. The van der Waals surface area contributed by atoms with Crippen LogP contribution in [0, 0.1) is 5.92 Å². The maximum Gasteiger partial charge on any atom is 0.407 e. The van der Waals surface area contributed by atoms with Crippen LogP contribution in [0.5, 0.6) is 0 Å². The average Bonchev–Trinajstić information content (AvgIpc) is 2.71. The van der Waals surface area contributed by atoms with E-state index in [1.807, 2.05) is 30.3 Å². The number of halogens is 1. The van der Waals surface area contributed by atoms with Gasteiger partial charge < -0.3 is 14.8 Å². The zero-order valence-corrected chi connectivity index (χ0v) is 17.9. The summed E-state index contributed by atoms with van der Waals surface area (Å²) < 4.78 is 11.3. The van der Waals surface area contributed by atoms with Gasteiger partial charge in [0.2, 0.25) is 0 Å². The van der Waals surface area contributed by atoms with Crippen molar-refractivity contribution in [3.8, 4) is 0 Å². The third kappa shape index (κ3) is 10.2. The van der Waals surface area contributed by atoms with E-state index in [4.69, 9.17) is 9.47 Å². The first-order valence-electron chi connectivity index (χ1n) is 10.4. The summed E-state index contributed by atoms with van der Waals surface area (Å²) in [5.41, 5.74) is 1.08. The van der Waals surface area contributed by atoms with Crippen LogP contribution in [0.1, 0.15) is 63.4 Å². The van der Waals surface area contributed by atoms with Crippen molar-refractivity contribution in [1.29, 1.82) is 0 Å². The molecule has 0 aromatic heterocycles. The molecule has 1 N–H and O–H groups in total. The third-order valence-corrected chi connectivity index (χ3v) is 5.77. The first kappa shape index (κ1) is 22.2. The molecular weight excluding hydrogens is 406 g/mol. The highest BCUT2D eigenvalue weighted by Crippen LogP contribution is 2.28. The first-order chi connectivity index (χ1) is 13.3. The van der Waals surface area contributed by atoms with E-state index >= 15 is 0 Å². The number of alkyl halides is 1. The second-order valence-electron chi connectivity index (χ2n) is 7.38. The van der Waals surface area contributed by atoms with Gasteiger partial charge in [0.1, 0.15) is 0 Å². The van der Waals surface area contributed by atoms with Crippen LogP contribution >= 0.6 is 15.9 Å². The fourth-order valence-electron chi connectivity index (χ4n) is 3.53. The molecule has 1 aromatic rings. The molecule has 1 aliphatic rings. The number of nitrogens with one attached hydrogen (secondary N) is 1. The second-order valence-corrected chi connectivity index (χ2v) is 8.17. The Morgan fingerprint density at radius 3 is 2.48 bits per heavy atom. The molecule has 1 aliphatic carbocycles. The summed E-state index contributed by atoms with van der Waals surface area (Å²) in [6.45, 7) is 1.92. The Morgan fingerprint density at radius 1 is 1.00 bits per heavy atom. The number of rotatable bonds is 12. The summed E-state index contributed by atoms with van der Waals surface area (Å²) in [6.07, 6.45) is 10.7. The Bertz CT molecular complexity index is 504. The molecule has 1 saturated carbocycles. The van der Waals surface area contributed by atoms with Gasteiger partial charge in [-0.2, -0.15) is 0 Å². The maximum atomic E-state index is 11.8. The molecule has 5 heteroatoms. The van der Waals surface area contributed by atoms with Gasteiger partial charge >= 0.3 is 6.09 Å². The molecule has 0 atom stereocenters. The minimum absolute atomic E-state index is 0.323. The van der Waals surface area contributed by atoms with E-state index in [-0.39, 0.29) is 6.09 Å². The summed E-state index contributed by atoms with van der Waals surface area (Å²) in [5.74, 6) is 0.658. The molecule has 0 aliphatic heterocycles. The van der Waals surface area contributed by atoms with Crippen LogP contribution in [0.2, 0.25) is 0 Å². The van der Waals surface area contributed by atoms with Crippen molar-refractivity contribution in [2.24, 2.45) is 5.92 Å². The molecule has 0 radical (unpaired) electrons. The van der Waals surface area contributed by atoms with Crippen molar-refractivity contribution in [2.75, 3.05) is 18.5 Å². The molecule has 1 fully saturated rings. The Hall–Kier alpha value is -1.07. The third-order valence-electron chi connectivity index (χ3n) is 5.21. The number of carbonyl (C=O) groups excluding carboxylic acids is 1. The summed E-state index contributed by atoms with van der Waals surface area (Å²) >= 11 is 3.47. The number of hydrogen-bond donors (Lipinski definition) is 1. The van der Waals surface area contributed by atoms with Gasteiger partial charge in [-0.05, 0) is 56.4 Å². The quantitative estimate of drug-likeness (QED) is 0.328. The highest BCUT2D eigenvalue weighted by atomic mass is 79.9. The number of ether oxygens (including phenoxy) is 2. The number of carbonyl (C=O) groups is 1. The number of alkyl carbamates (subject to hydrolysis) is 1. The lowest BCUT2D eigenvalue weighted by atomic mass is 9.85. The second kappa shape index (κ2) is 14.0. The van der Waals surface area contributed by atoms with Crippen LogP contribution in [0.3, 0.4) is 0 Å². The Balaban J connectivity index is 1.45. The number of hydrogen-bond acceptors (Lipinski definition) is 3. The summed E-state index contributed by atoms with van der Waals surface area (Å²) in [7, 11) is 0. The lowest BCUT2D eigenvalue weighted by Crippen LogP contribution is -2.26. The predicted molar refractivity (Wildman–Crippen MR) is 113 cm³/mol. The van der Waals surface area contributed by atoms with Gasteiger partial charge in [0.25, 0.3) is 0 Å². The van der Waals surface area contributed by atoms with Crippen LogP contribution in [-0.4, -0.2) is 30.7 Å². The van der Waals surface area contributed by atoms with Crippen molar-refractivity contribution in [2.45, 2.75) is 70.4 Å². The van der Waals surface area contributed by atoms with Crippen LogP contribution in [0.15, 0.2) is 30.3 Å². The van der Waals surface area contributed by atoms with Crippen LogP contribution in [-0.2, 0) is 16.0 Å². The van der Waals surface area contributed by atoms with Gasteiger partial charge in [-0.25, -0.2) is 4.79 Å². The molecule has 2 rings (SSSR count). The van der Waals surface area contributed by atoms with E-state index < -0.39 is 0 Å². The zero-order valence-electron chi connectivity index (χ0n) is 16.3. The highest BCUT2D eigenvalue weighted by molar-refractivity contribution is 9.09. The monoisotopic (exact) mass is 439 g/mol. The topological polar surface area (TPSA) is 47.6 Å². The average molecular weight is 440 g/mol. The molecule has 0 saturated heterocycles. The number of amides is 1. The summed E-state index contributed by atoms with van der Waals surface area (Å²) in [5, 5.41) is 3.91. The van der Waals surface area contributed by atoms with Crippen molar-refractivity contribution in [3.05, 3.63) is 35.9 Å². The van der Waals surface area contributed by atoms with Gasteiger partial charge in [-0.3, -0.25) is 0 Å². The minimum Gasteiger partial charge on any atom is -0.450 e. The van der Waals surface area contributed by atoms with Crippen molar-refractivity contribution < 1.29 is 14.3 Å². The molecule has 0 bridgehead atoms. The van der Waals surface area contributed by atoms with Gasteiger partial charge in [-0.15, -0.1) is 0 Å². The molecule has 0 spiro atoms. The zero-order chi connectivity index (χ0) is 19.2. The minimum atomic E-state index is -0.323. The van der Waals surface area contributed by atoms with Gasteiger partial charge in [0.05, 0.1) is 12.7 Å². The maximum absolute atomic E-state index is 11.8. The fraction of sp³-hybridized carbons (Fsp3) is 0.682.